The topological polar surface area (TPSA) is 93.2 Å². The van der Waals surface area contributed by atoms with Gasteiger partial charge in [-0.2, -0.15) is 0 Å². The summed E-state index contributed by atoms with van der Waals surface area (Å²) >= 11 is 8.47. The second kappa shape index (κ2) is 10.2. The lowest BCUT2D eigenvalue weighted by atomic mass is 10.2. The summed E-state index contributed by atoms with van der Waals surface area (Å²) in [6.45, 7) is 1.76. The number of halogens is 1. The molecule has 3 rings (SSSR count). The molecule has 150 valence electrons. The highest BCUT2D eigenvalue weighted by Crippen LogP contribution is 2.26. The number of rotatable bonds is 8. The predicted octanol–water partition coefficient (Wildman–Crippen LogP) is 4.25. The van der Waals surface area contributed by atoms with E-state index in [0.29, 0.717) is 25.9 Å². The molecule has 7 nitrogen and oxygen atoms in total. The highest BCUT2D eigenvalue weighted by atomic mass is 35.5. The quantitative estimate of drug-likeness (QED) is 0.395. The van der Waals surface area contributed by atoms with Crippen LogP contribution in [0, 0.1) is 6.92 Å². The Morgan fingerprint density at radius 1 is 1.10 bits per heavy atom. The van der Waals surface area contributed by atoms with Crippen molar-refractivity contribution >= 4 is 57.3 Å². The van der Waals surface area contributed by atoms with Gasteiger partial charge in [0.2, 0.25) is 11.0 Å². The van der Waals surface area contributed by atoms with Crippen molar-refractivity contribution in [2.75, 3.05) is 23.0 Å². The van der Waals surface area contributed by atoms with Crippen molar-refractivity contribution < 1.29 is 14.3 Å². The van der Waals surface area contributed by atoms with Gasteiger partial charge >= 0.3 is 0 Å². The second-order valence-corrected chi connectivity index (χ2v) is 8.43. The first-order chi connectivity index (χ1) is 14.0. The fourth-order valence-electron chi connectivity index (χ4n) is 2.13. The van der Waals surface area contributed by atoms with E-state index in [4.69, 9.17) is 16.3 Å². The molecule has 2 N–H and O–H groups in total. The molecule has 0 radical (unpaired) electrons. The summed E-state index contributed by atoms with van der Waals surface area (Å²) in [5.74, 6) is 0.241. The van der Waals surface area contributed by atoms with Gasteiger partial charge in [0.15, 0.2) is 10.9 Å². The van der Waals surface area contributed by atoms with Crippen molar-refractivity contribution in [2.45, 2.75) is 11.3 Å². The summed E-state index contributed by atoms with van der Waals surface area (Å²) in [7, 11) is 0. The number of carbonyl (C=O) groups excluding carboxylic acids is 2. The first-order valence-corrected chi connectivity index (χ1v) is 10.7. The molecule has 1 heterocycles. The smallest absolute Gasteiger partial charge is 0.264 e. The zero-order valence-corrected chi connectivity index (χ0v) is 17.7. The molecular formula is C19H17ClN4O3S2. The van der Waals surface area contributed by atoms with Gasteiger partial charge < -0.3 is 10.1 Å². The maximum atomic E-state index is 12.1. The van der Waals surface area contributed by atoms with E-state index in [1.807, 2.05) is 31.2 Å². The fourth-order valence-corrected chi connectivity index (χ4v) is 3.88. The van der Waals surface area contributed by atoms with Crippen LogP contribution in [0.2, 0.25) is 5.02 Å². The van der Waals surface area contributed by atoms with Crippen molar-refractivity contribution in [3.63, 3.8) is 0 Å². The Hall–Kier alpha value is -2.62. The van der Waals surface area contributed by atoms with Gasteiger partial charge in [0.1, 0.15) is 5.75 Å². The number of hydrogen-bond donors (Lipinski definition) is 2. The molecule has 0 fully saturated rings. The summed E-state index contributed by atoms with van der Waals surface area (Å²) in [4.78, 5) is 24.0. The molecule has 0 atom stereocenters. The molecule has 0 aliphatic rings. The fraction of sp³-hybridized carbons (Fsp3) is 0.158. The van der Waals surface area contributed by atoms with E-state index >= 15 is 0 Å². The van der Waals surface area contributed by atoms with E-state index in [-0.39, 0.29) is 24.2 Å². The summed E-state index contributed by atoms with van der Waals surface area (Å²) < 4.78 is 5.95. The number of carbonyl (C=O) groups is 2. The molecule has 0 aliphatic carbocycles. The minimum Gasteiger partial charge on any atom is -0.484 e. The lowest BCUT2D eigenvalue weighted by molar-refractivity contribution is -0.118. The van der Waals surface area contributed by atoms with Crippen LogP contribution in [0.1, 0.15) is 5.56 Å². The highest BCUT2D eigenvalue weighted by Gasteiger charge is 2.11. The Morgan fingerprint density at radius 2 is 1.90 bits per heavy atom. The van der Waals surface area contributed by atoms with Crippen molar-refractivity contribution in [3.05, 3.63) is 59.1 Å². The van der Waals surface area contributed by atoms with E-state index in [2.05, 4.69) is 20.8 Å². The molecule has 29 heavy (non-hydrogen) atoms. The van der Waals surface area contributed by atoms with Gasteiger partial charge in [-0.05, 0) is 36.8 Å². The third-order valence-corrected chi connectivity index (χ3v) is 5.93. The predicted molar refractivity (Wildman–Crippen MR) is 116 cm³/mol. The molecule has 0 saturated carbocycles. The molecule has 2 amide bonds. The average molecular weight is 449 g/mol. The third kappa shape index (κ3) is 6.74. The zero-order chi connectivity index (χ0) is 20.6. The Morgan fingerprint density at radius 3 is 2.66 bits per heavy atom. The number of nitrogens with one attached hydrogen (secondary N) is 2. The van der Waals surface area contributed by atoms with E-state index in [1.54, 1.807) is 24.3 Å². The number of thioether (sulfide) groups is 1. The van der Waals surface area contributed by atoms with Crippen molar-refractivity contribution in [2.24, 2.45) is 0 Å². The van der Waals surface area contributed by atoms with Crippen LogP contribution in [0.15, 0.2) is 52.9 Å². The van der Waals surface area contributed by atoms with Gasteiger partial charge in [-0.3, -0.25) is 14.9 Å². The second-order valence-electron chi connectivity index (χ2n) is 5.82. The minimum absolute atomic E-state index is 0.131. The molecule has 0 unspecified atom stereocenters. The normalized spacial score (nSPS) is 10.4. The van der Waals surface area contributed by atoms with Gasteiger partial charge in [-0.1, -0.05) is 59.0 Å². The highest BCUT2D eigenvalue weighted by molar-refractivity contribution is 8.01. The molecule has 3 aromatic rings. The third-order valence-electron chi connectivity index (χ3n) is 3.55. The van der Waals surface area contributed by atoms with Gasteiger partial charge in [-0.15, -0.1) is 10.2 Å². The standard InChI is InChI=1S/C19H17ClN4O3S2/c1-12-7-8-13(9-15(12)20)21-17(26)11-28-19-24-23-18(29-19)22-16(25)10-27-14-5-3-2-4-6-14/h2-9H,10-11H2,1H3,(H,21,26)(H,22,23,25). The Labute approximate surface area is 180 Å². The molecule has 2 aromatic carbocycles. The van der Waals surface area contributed by atoms with Gasteiger partial charge in [0.25, 0.3) is 5.91 Å². The SMILES string of the molecule is Cc1ccc(NC(=O)CSc2nnc(NC(=O)COc3ccccc3)s2)cc1Cl. The molecule has 1 aromatic heterocycles. The summed E-state index contributed by atoms with van der Waals surface area (Å²) in [6, 6.07) is 14.4. The first kappa shape index (κ1) is 21.1. The van der Waals surface area contributed by atoms with E-state index < -0.39 is 0 Å². The number of anilines is 2. The van der Waals surface area contributed by atoms with E-state index in [1.165, 1.54) is 23.1 Å². The van der Waals surface area contributed by atoms with Crippen LogP contribution < -0.4 is 15.4 Å². The van der Waals surface area contributed by atoms with Gasteiger partial charge in [-0.25, -0.2) is 0 Å². The van der Waals surface area contributed by atoms with Crippen molar-refractivity contribution in [1.29, 1.82) is 0 Å². The number of ether oxygens (including phenoxy) is 1. The Balaban J connectivity index is 1.43. The van der Waals surface area contributed by atoms with Crippen LogP contribution in [0.3, 0.4) is 0 Å². The number of aryl methyl sites for hydroxylation is 1. The Kier molecular flexibility index (Phi) is 7.45. The lowest BCUT2D eigenvalue weighted by Crippen LogP contribution is -2.20. The zero-order valence-electron chi connectivity index (χ0n) is 15.3. The van der Waals surface area contributed by atoms with Crippen LogP contribution in [-0.4, -0.2) is 34.4 Å². The number of nitrogens with zero attached hydrogens (tertiary/aromatic N) is 2. The van der Waals surface area contributed by atoms with Gasteiger partial charge in [0.05, 0.1) is 5.75 Å². The summed E-state index contributed by atoms with van der Waals surface area (Å²) in [6.07, 6.45) is 0. The van der Waals surface area contributed by atoms with Crippen molar-refractivity contribution in [1.82, 2.24) is 10.2 Å². The lowest BCUT2D eigenvalue weighted by Gasteiger charge is -2.06. The summed E-state index contributed by atoms with van der Waals surface area (Å²) in [5, 5.41) is 14.2. The van der Waals surface area contributed by atoms with Crippen LogP contribution in [0.25, 0.3) is 0 Å². The first-order valence-electron chi connectivity index (χ1n) is 8.49. The molecule has 0 aliphatic heterocycles. The van der Waals surface area contributed by atoms with Gasteiger partial charge in [0, 0.05) is 10.7 Å². The van der Waals surface area contributed by atoms with Crippen LogP contribution in [-0.2, 0) is 9.59 Å². The van der Waals surface area contributed by atoms with Crippen molar-refractivity contribution in [3.8, 4) is 5.75 Å². The average Bonchev–Trinajstić information content (AvgIpc) is 3.16. The largest absolute Gasteiger partial charge is 0.484 e. The van der Waals surface area contributed by atoms with E-state index in [0.717, 1.165) is 5.56 Å². The van der Waals surface area contributed by atoms with E-state index in [9.17, 15) is 9.59 Å². The Bertz CT molecular complexity index is 998. The summed E-state index contributed by atoms with van der Waals surface area (Å²) in [5.41, 5.74) is 1.58. The number of para-hydroxylation sites is 1. The number of amides is 2. The maximum absolute atomic E-state index is 12.1. The molecule has 0 saturated heterocycles. The molecule has 0 bridgehead atoms. The molecular weight excluding hydrogens is 432 g/mol. The number of aromatic nitrogens is 2. The maximum Gasteiger partial charge on any atom is 0.264 e. The minimum atomic E-state index is -0.337. The number of benzene rings is 2. The van der Waals surface area contributed by atoms with Crippen LogP contribution in [0.4, 0.5) is 10.8 Å². The molecule has 0 spiro atoms. The molecule has 10 heteroatoms. The van der Waals surface area contributed by atoms with Crippen LogP contribution >= 0.6 is 34.7 Å². The monoisotopic (exact) mass is 448 g/mol. The van der Waals surface area contributed by atoms with Crippen LogP contribution in [0.5, 0.6) is 5.75 Å². The number of hydrogen-bond acceptors (Lipinski definition) is 7.